The van der Waals surface area contributed by atoms with Crippen molar-refractivity contribution in [2.24, 2.45) is 0 Å². The van der Waals surface area contributed by atoms with Gasteiger partial charge in [-0.25, -0.2) is 4.39 Å². The third-order valence-corrected chi connectivity index (χ3v) is 3.07. The minimum Gasteiger partial charge on any atom is -0.494 e. The summed E-state index contributed by atoms with van der Waals surface area (Å²) in [5.41, 5.74) is -0.910. The van der Waals surface area contributed by atoms with E-state index < -0.39 is 24.0 Å². The number of ether oxygens (including phenoxy) is 2. The second-order valence-corrected chi connectivity index (χ2v) is 4.71. The van der Waals surface area contributed by atoms with Crippen LogP contribution in [-0.4, -0.2) is 25.8 Å². The average molecular weight is 316 g/mol. The van der Waals surface area contributed by atoms with Crippen molar-refractivity contribution in [2.75, 3.05) is 6.61 Å². The molecule has 0 bridgehead atoms. The number of rotatable bonds is 4. The molecule has 2 nitrogen and oxygen atoms in total. The predicted octanol–water partition coefficient (Wildman–Crippen LogP) is -0.170. The fourth-order valence-corrected chi connectivity index (χ4v) is 2.09. The molecule has 0 amide bonds. The summed E-state index contributed by atoms with van der Waals surface area (Å²) in [6, 6.07) is 2.26. The monoisotopic (exact) mass is 316 g/mol. The van der Waals surface area contributed by atoms with Crippen LogP contribution in [0.5, 0.6) is 5.75 Å². The summed E-state index contributed by atoms with van der Waals surface area (Å²) in [4.78, 5) is 0. The first-order valence-electron chi connectivity index (χ1n) is 6.14. The maximum absolute atomic E-state index is 13.0. The van der Waals surface area contributed by atoms with Crippen molar-refractivity contribution in [3.8, 4) is 5.75 Å². The fraction of sp³-hybridized carbons (Fsp3) is 0.500. The van der Waals surface area contributed by atoms with E-state index in [-0.39, 0.29) is 70.2 Å². The Morgan fingerprint density at radius 2 is 2.00 bits per heavy atom. The zero-order valence-electron chi connectivity index (χ0n) is 11.4. The third-order valence-electron chi connectivity index (χ3n) is 3.07. The summed E-state index contributed by atoms with van der Waals surface area (Å²) >= 11 is 0. The van der Waals surface area contributed by atoms with Crippen molar-refractivity contribution in [1.82, 2.24) is 0 Å². The van der Waals surface area contributed by atoms with Crippen LogP contribution in [0.4, 0.5) is 17.3 Å². The summed E-state index contributed by atoms with van der Waals surface area (Å²) in [6.07, 6.45) is 1.45. The zero-order valence-corrected chi connectivity index (χ0v) is 14.5. The van der Waals surface area contributed by atoms with Crippen molar-refractivity contribution in [1.29, 1.82) is 0 Å². The molecule has 1 aliphatic heterocycles. The van der Waals surface area contributed by atoms with E-state index in [1.54, 1.807) is 0 Å². The van der Waals surface area contributed by atoms with Gasteiger partial charge in [0.05, 0.1) is 18.0 Å². The molecule has 1 fully saturated rings. The van der Waals surface area contributed by atoms with Gasteiger partial charge in [-0.2, -0.15) is 0 Å². The van der Waals surface area contributed by atoms with Crippen molar-refractivity contribution >= 4 is 12.4 Å². The van der Waals surface area contributed by atoms with Crippen LogP contribution >= 0.6 is 0 Å². The maximum Gasteiger partial charge on any atom is 1.00 e. The molecule has 0 N–H and O–H groups in total. The van der Waals surface area contributed by atoms with Crippen molar-refractivity contribution < 1.29 is 78.2 Å². The van der Waals surface area contributed by atoms with E-state index >= 15 is 0 Å². The normalized spacial score (nSPS) is 22.4. The Hall–Kier alpha value is 0.401. The summed E-state index contributed by atoms with van der Waals surface area (Å²) < 4.78 is 61.9. The minimum atomic E-state index is -5.22. The van der Waals surface area contributed by atoms with Crippen LogP contribution in [0.2, 0.25) is 0 Å². The van der Waals surface area contributed by atoms with Gasteiger partial charge in [0.15, 0.2) is 0 Å². The Morgan fingerprint density at radius 3 is 2.55 bits per heavy atom. The molecule has 0 aromatic heterocycles. The van der Waals surface area contributed by atoms with E-state index in [2.05, 4.69) is 0 Å². The molecule has 8 heteroatoms. The van der Waals surface area contributed by atoms with Crippen LogP contribution in [-0.2, 0) is 4.74 Å². The molecule has 1 heterocycles. The quantitative estimate of drug-likeness (QED) is 0.567. The van der Waals surface area contributed by atoms with Crippen LogP contribution in [0.15, 0.2) is 18.2 Å². The molecular weight excluding hydrogens is 302 g/mol. The van der Waals surface area contributed by atoms with E-state index in [0.717, 1.165) is 25.0 Å². The molecule has 2 unspecified atom stereocenters. The van der Waals surface area contributed by atoms with Gasteiger partial charge >= 0.3 is 58.4 Å². The van der Waals surface area contributed by atoms with Gasteiger partial charge in [0.2, 0.25) is 0 Å². The molecule has 0 spiro atoms. The molecule has 0 radical (unpaired) electrons. The molecule has 1 aromatic rings. The number of hydrogen-bond acceptors (Lipinski definition) is 2. The molecule has 2 rings (SSSR count). The summed E-state index contributed by atoms with van der Waals surface area (Å²) in [5, 5.41) is 0. The summed E-state index contributed by atoms with van der Waals surface area (Å²) in [7, 11) is 0. The van der Waals surface area contributed by atoms with Gasteiger partial charge in [-0.05, 0) is 25.8 Å². The summed E-state index contributed by atoms with van der Waals surface area (Å²) in [6.45, 7) is -3.32. The second-order valence-electron chi connectivity index (χ2n) is 4.71. The van der Waals surface area contributed by atoms with Gasteiger partial charge in [-0.3, -0.25) is 0 Å². The van der Waals surface area contributed by atoms with Gasteiger partial charge in [0.1, 0.15) is 12.4 Å². The Morgan fingerprint density at radius 1 is 1.30 bits per heavy atom. The van der Waals surface area contributed by atoms with Crippen LogP contribution in [0, 0.1) is 5.82 Å². The Kier molecular flexibility index (Phi) is 7.01. The molecule has 0 aliphatic carbocycles. The number of hydrogen-bond donors (Lipinski definition) is 0. The second kappa shape index (κ2) is 7.60. The van der Waals surface area contributed by atoms with Crippen molar-refractivity contribution in [2.45, 2.75) is 32.0 Å². The average Bonchev–Trinajstić information content (AvgIpc) is 2.71. The number of benzene rings is 1. The van der Waals surface area contributed by atoms with Gasteiger partial charge in [0.25, 0.3) is 0 Å². The first kappa shape index (κ1) is 18.5. The van der Waals surface area contributed by atoms with E-state index in [1.165, 1.54) is 0 Å². The third kappa shape index (κ3) is 4.99. The van der Waals surface area contributed by atoms with Crippen molar-refractivity contribution in [3.63, 3.8) is 0 Å². The van der Waals surface area contributed by atoms with Crippen LogP contribution in [0.1, 0.15) is 19.8 Å². The topological polar surface area (TPSA) is 18.5 Å². The molecule has 20 heavy (non-hydrogen) atoms. The Labute approximate surface area is 157 Å². The van der Waals surface area contributed by atoms with Crippen LogP contribution in [0.25, 0.3) is 0 Å². The zero-order chi connectivity index (χ0) is 14.0. The summed E-state index contributed by atoms with van der Waals surface area (Å²) in [5.74, 6) is -1.21. The molecule has 2 atom stereocenters. The molecule has 106 valence electrons. The molecule has 1 aliphatic rings. The Bertz CT molecular complexity index is 456. The first-order valence-corrected chi connectivity index (χ1v) is 6.14. The SMILES string of the molecule is CC1CCC(COc2cc(F)ccc2[B-](F)(F)F)O1.[K+]. The fourth-order valence-electron chi connectivity index (χ4n) is 2.09. The van der Waals surface area contributed by atoms with Gasteiger partial charge in [-0.1, -0.05) is 11.5 Å². The van der Waals surface area contributed by atoms with Gasteiger partial charge < -0.3 is 22.4 Å². The van der Waals surface area contributed by atoms with Crippen LogP contribution < -0.4 is 61.6 Å². The molecular formula is C12H14BF4KO2. The first-order chi connectivity index (χ1) is 8.86. The van der Waals surface area contributed by atoms with Crippen molar-refractivity contribution in [3.05, 3.63) is 24.0 Å². The molecule has 1 aromatic carbocycles. The predicted molar refractivity (Wildman–Crippen MR) is 64.2 cm³/mol. The molecule has 1 saturated heterocycles. The van der Waals surface area contributed by atoms with E-state index in [1.807, 2.05) is 6.92 Å². The van der Waals surface area contributed by atoms with Gasteiger partial charge in [0, 0.05) is 6.07 Å². The minimum absolute atomic E-state index is 0. The number of halogens is 4. The molecule has 0 saturated carbocycles. The van der Waals surface area contributed by atoms with Gasteiger partial charge in [-0.15, -0.1) is 0 Å². The van der Waals surface area contributed by atoms with Crippen LogP contribution in [0.3, 0.4) is 0 Å². The smallest absolute Gasteiger partial charge is 0.494 e. The Balaban J connectivity index is 0.00000200. The van der Waals surface area contributed by atoms with E-state index in [4.69, 9.17) is 9.47 Å². The standard InChI is InChI=1S/C12H14BF4O2.K/c1-8-2-4-10(19-8)7-18-12-6-9(14)3-5-11(12)13(15,16)17;/h3,5-6,8,10H,2,4,7H2,1H3;/q-1;+1. The van der Waals surface area contributed by atoms with E-state index in [0.29, 0.717) is 6.07 Å². The largest absolute Gasteiger partial charge is 1.00 e. The van der Waals surface area contributed by atoms with E-state index in [9.17, 15) is 17.3 Å². The maximum atomic E-state index is 13.0.